The molecule has 0 aromatic rings. The van der Waals surface area contributed by atoms with Gasteiger partial charge in [-0.05, 0) is 19.8 Å². The molecule has 7 heteroatoms. The number of aliphatic carboxylic acids is 1. The standard InChI is InChI=1S/C10H17NO5S/c1-7(17(2,15)16)8(12)11-6-10(9(13)14)4-3-5-10/h7H,3-6H2,1-2H3,(H,11,12)(H,13,14). The summed E-state index contributed by atoms with van der Waals surface area (Å²) in [5.41, 5.74) is -0.896. The average Bonchev–Trinajstić information content (AvgIpc) is 2.12. The molecule has 0 radical (unpaired) electrons. The zero-order valence-corrected chi connectivity index (χ0v) is 10.7. The lowest BCUT2D eigenvalue weighted by molar-refractivity contribution is -0.154. The lowest BCUT2D eigenvalue weighted by atomic mass is 9.69. The Balaban J connectivity index is 2.57. The van der Waals surface area contributed by atoms with Crippen molar-refractivity contribution in [2.75, 3.05) is 12.8 Å². The minimum atomic E-state index is -3.44. The summed E-state index contributed by atoms with van der Waals surface area (Å²) >= 11 is 0. The minimum absolute atomic E-state index is 0.00102. The number of nitrogens with one attached hydrogen (secondary N) is 1. The molecule has 1 rings (SSSR count). The van der Waals surface area contributed by atoms with Gasteiger partial charge in [-0.1, -0.05) is 6.42 Å². The summed E-state index contributed by atoms with van der Waals surface area (Å²) in [7, 11) is -3.44. The van der Waals surface area contributed by atoms with Gasteiger partial charge in [0, 0.05) is 12.8 Å². The lowest BCUT2D eigenvalue weighted by Crippen LogP contribution is -2.50. The normalized spacial score (nSPS) is 20.1. The first-order valence-corrected chi connectivity index (χ1v) is 7.34. The summed E-state index contributed by atoms with van der Waals surface area (Å²) in [5, 5.41) is 10.3. The molecule has 1 fully saturated rings. The zero-order chi connectivity index (χ0) is 13.3. The SMILES string of the molecule is CC(C(=O)NCC1(C(=O)O)CCC1)S(C)(=O)=O. The number of carboxylic acids is 1. The molecule has 1 aliphatic carbocycles. The number of sulfone groups is 1. The van der Waals surface area contributed by atoms with E-state index in [4.69, 9.17) is 5.11 Å². The molecule has 0 spiro atoms. The molecule has 2 N–H and O–H groups in total. The number of hydrogen-bond donors (Lipinski definition) is 2. The Morgan fingerprint density at radius 1 is 1.41 bits per heavy atom. The van der Waals surface area contributed by atoms with E-state index in [-0.39, 0.29) is 6.54 Å². The maximum atomic E-state index is 11.5. The van der Waals surface area contributed by atoms with Gasteiger partial charge in [0.2, 0.25) is 5.91 Å². The van der Waals surface area contributed by atoms with E-state index in [0.29, 0.717) is 12.8 Å². The van der Waals surface area contributed by atoms with E-state index in [1.165, 1.54) is 6.92 Å². The number of carboxylic acid groups (broad SMARTS) is 1. The highest BCUT2D eigenvalue weighted by Gasteiger charge is 2.44. The van der Waals surface area contributed by atoms with Crippen LogP contribution in [-0.4, -0.2) is 43.5 Å². The van der Waals surface area contributed by atoms with Crippen LogP contribution in [0.1, 0.15) is 26.2 Å². The van der Waals surface area contributed by atoms with Crippen LogP contribution in [0.2, 0.25) is 0 Å². The molecule has 0 aliphatic heterocycles. The van der Waals surface area contributed by atoms with Crippen LogP contribution in [0.25, 0.3) is 0 Å². The summed E-state index contributed by atoms with van der Waals surface area (Å²) in [6, 6.07) is 0. The maximum absolute atomic E-state index is 11.5. The van der Waals surface area contributed by atoms with Gasteiger partial charge in [-0.3, -0.25) is 9.59 Å². The fourth-order valence-corrected chi connectivity index (χ4v) is 2.14. The van der Waals surface area contributed by atoms with Crippen molar-refractivity contribution in [3.8, 4) is 0 Å². The highest BCUT2D eigenvalue weighted by Crippen LogP contribution is 2.40. The van der Waals surface area contributed by atoms with E-state index in [9.17, 15) is 18.0 Å². The average molecular weight is 263 g/mol. The Morgan fingerprint density at radius 3 is 2.24 bits per heavy atom. The molecule has 0 saturated heterocycles. The molecule has 0 bridgehead atoms. The lowest BCUT2D eigenvalue weighted by Gasteiger charge is -2.37. The van der Waals surface area contributed by atoms with Crippen LogP contribution in [0.3, 0.4) is 0 Å². The molecule has 17 heavy (non-hydrogen) atoms. The zero-order valence-electron chi connectivity index (χ0n) is 9.89. The third-order valence-corrected chi connectivity index (χ3v) is 4.88. The summed E-state index contributed by atoms with van der Waals surface area (Å²) in [6.45, 7) is 1.29. The Kier molecular flexibility index (Phi) is 3.81. The molecule has 1 unspecified atom stereocenters. The smallest absolute Gasteiger partial charge is 0.311 e. The molecule has 1 atom stereocenters. The topological polar surface area (TPSA) is 101 Å². The van der Waals surface area contributed by atoms with Gasteiger partial charge in [-0.2, -0.15) is 0 Å². The first-order chi connectivity index (χ1) is 7.69. The molecular formula is C10H17NO5S. The van der Waals surface area contributed by atoms with Crippen molar-refractivity contribution in [1.29, 1.82) is 0 Å². The largest absolute Gasteiger partial charge is 0.481 e. The molecular weight excluding hydrogens is 246 g/mol. The second kappa shape index (κ2) is 4.64. The molecule has 1 saturated carbocycles. The predicted molar refractivity (Wildman–Crippen MR) is 61.2 cm³/mol. The van der Waals surface area contributed by atoms with Crippen molar-refractivity contribution in [3.05, 3.63) is 0 Å². The van der Waals surface area contributed by atoms with Crippen molar-refractivity contribution in [1.82, 2.24) is 5.32 Å². The first-order valence-electron chi connectivity index (χ1n) is 5.39. The van der Waals surface area contributed by atoms with E-state index >= 15 is 0 Å². The van der Waals surface area contributed by atoms with Crippen molar-refractivity contribution < 1.29 is 23.1 Å². The van der Waals surface area contributed by atoms with Crippen LogP contribution in [0, 0.1) is 5.41 Å². The minimum Gasteiger partial charge on any atom is -0.481 e. The van der Waals surface area contributed by atoms with Crippen molar-refractivity contribution in [2.45, 2.75) is 31.4 Å². The van der Waals surface area contributed by atoms with Gasteiger partial charge in [0.15, 0.2) is 9.84 Å². The summed E-state index contributed by atoms with van der Waals surface area (Å²) in [6.07, 6.45) is 2.85. The Bertz CT molecular complexity index is 424. The van der Waals surface area contributed by atoms with Gasteiger partial charge >= 0.3 is 5.97 Å². The van der Waals surface area contributed by atoms with Crippen LogP contribution in [0.4, 0.5) is 0 Å². The van der Waals surface area contributed by atoms with Gasteiger partial charge in [0.05, 0.1) is 5.41 Å². The number of carbonyl (C=O) groups is 2. The number of carbonyl (C=O) groups excluding carboxylic acids is 1. The Hall–Kier alpha value is -1.11. The molecule has 6 nitrogen and oxygen atoms in total. The fraction of sp³-hybridized carbons (Fsp3) is 0.800. The van der Waals surface area contributed by atoms with Gasteiger partial charge in [-0.15, -0.1) is 0 Å². The van der Waals surface area contributed by atoms with Crippen LogP contribution < -0.4 is 5.32 Å². The third-order valence-electron chi connectivity index (χ3n) is 3.38. The molecule has 98 valence electrons. The quantitative estimate of drug-likeness (QED) is 0.715. The summed E-state index contributed by atoms with van der Waals surface area (Å²) in [5.74, 6) is -1.57. The first kappa shape index (κ1) is 14.0. The van der Waals surface area contributed by atoms with E-state index < -0.39 is 32.4 Å². The summed E-state index contributed by atoms with van der Waals surface area (Å²) in [4.78, 5) is 22.5. The van der Waals surface area contributed by atoms with Gasteiger partial charge in [-0.25, -0.2) is 8.42 Å². The fourth-order valence-electron chi connectivity index (χ4n) is 1.66. The van der Waals surface area contributed by atoms with Crippen LogP contribution in [0.15, 0.2) is 0 Å². The number of amides is 1. The Labute approximate surface area is 100 Å². The van der Waals surface area contributed by atoms with E-state index in [1.54, 1.807) is 0 Å². The van der Waals surface area contributed by atoms with Crippen molar-refractivity contribution >= 4 is 21.7 Å². The van der Waals surface area contributed by atoms with E-state index in [1.807, 2.05) is 0 Å². The molecule has 1 amide bonds. The third kappa shape index (κ3) is 2.96. The van der Waals surface area contributed by atoms with Crippen LogP contribution in [0.5, 0.6) is 0 Å². The second-order valence-corrected chi connectivity index (χ2v) is 6.99. The Morgan fingerprint density at radius 2 is 1.94 bits per heavy atom. The van der Waals surface area contributed by atoms with Gasteiger partial charge in [0.1, 0.15) is 5.25 Å². The van der Waals surface area contributed by atoms with Crippen molar-refractivity contribution in [2.24, 2.45) is 5.41 Å². The second-order valence-electron chi connectivity index (χ2n) is 4.63. The van der Waals surface area contributed by atoms with Crippen molar-refractivity contribution in [3.63, 3.8) is 0 Å². The highest BCUT2D eigenvalue weighted by atomic mass is 32.2. The number of rotatable bonds is 5. The van der Waals surface area contributed by atoms with Crippen LogP contribution >= 0.6 is 0 Å². The molecule has 0 aromatic heterocycles. The van der Waals surface area contributed by atoms with E-state index in [0.717, 1.165) is 12.7 Å². The van der Waals surface area contributed by atoms with E-state index in [2.05, 4.69) is 5.32 Å². The maximum Gasteiger partial charge on any atom is 0.311 e. The highest BCUT2D eigenvalue weighted by molar-refractivity contribution is 7.92. The predicted octanol–water partition coefficient (Wildman–Crippen LogP) is -0.209. The molecule has 0 aromatic carbocycles. The monoisotopic (exact) mass is 263 g/mol. The molecule has 1 aliphatic rings. The molecule has 0 heterocycles. The van der Waals surface area contributed by atoms with Crippen LogP contribution in [-0.2, 0) is 19.4 Å². The summed E-state index contributed by atoms with van der Waals surface area (Å²) < 4.78 is 22.3. The van der Waals surface area contributed by atoms with Gasteiger partial charge < -0.3 is 10.4 Å². The van der Waals surface area contributed by atoms with Gasteiger partial charge in [0.25, 0.3) is 0 Å². The number of hydrogen-bond acceptors (Lipinski definition) is 4.